The van der Waals surface area contributed by atoms with E-state index in [0.717, 1.165) is 24.9 Å². The molecule has 5 heteroatoms. The largest absolute Gasteiger partial charge is 0.478 e. The Morgan fingerprint density at radius 1 is 1.46 bits per heavy atom. The number of aromatic nitrogens is 1. The Labute approximate surface area is 144 Å². The van der Waals surface area contributed by atoms with E-state index in [2.05, 4.69) is 36.3 Å². The summed E-state index contributed by atoms with van der Waals surface area (Å²) < 4.78 is 5.52. The Balaban J connectivity index is 1.62. The summed E-state index contributed by atoms with van der Waals surface area (Å²) in [5, 5.41) is 3.04. The average molecular weight is 329 g/mol. The smallest absolute Gasteiger partial charge is 0.317 e. The van der Waals surface area contributed by atoms with Crippen LogP contribution >= 0.6 is 0 Å². The maximum atomic E-state index is 12.7. The van der Waals surface area contributed by atoms with Crippen molar-refractivity contribution in [3.8, 4) is 5.88 Å². The SMILES string of the molecule is CCOc1ncccc1CNC(=O)N1CC2(CC=CC2)C1C(C)C. The molecule has 1 aliphatic heterocycles. The number of carbonyl (C=O) groups is 1. The minimum absolute atomic E-state index is 0.0116. The van der Waals surface area contributed by atoms with Gasteiger partial charge in [-0.05, 0) is 31.7 Å². The lowest BCUT2D eigenvalue weighted by atomic mass is 9.65. The average Bonchev–Trinajstić information content (AvgIpc) is 3.03. The van der Waals surface area contributed by atoms with Gasteiger partial charge in [0, 0.05) is 36.3 Å². The highest BCUT2D eigenvalue weighted by Gasteiger charge is 2.55. The molecule has 1 N–H and O–H groups in total. The molecular weight excluding hydrogens is 302 g/mol. The fourth-order valence-corrected chi connectivity index (χ4v) is 4.20. The second kappa shape index (κ2) is 6.83. The highest BCUT2D eigenvalue weighted by Crippen LogP contribution is 2.50. The maximum Gasteiger partial charge on any atom is 0.317 e. The zero-order chi connectivity index (χ0) is 17.2. The molecule has 2 aliphatic rings. The van der Waals surface area contributed by atoms with E-state index >= 15 is 0 Å². The summed E-state index contributed by atoms with van der Waals surface area (Å²) in [6.45, 7) is 8.19. The molecule has 130 valence electrons. The topological polar surface area (TPSA) is 54.5 Å². The monoisotopic (exact) mass is 329 g/mol. The lowest BCUT2D eigenvalue weighted by molar-refractivity contribution is -0.0577. The van der Waals surface area contributed by atoms with Gasteiger partial charge < -0.3 is 15.0 Å². The zero-order valence-corrected chi connectivity index (χ0v) is 14.8. The first-order valence-corrected chi connectivity index (χ1v) is 8.83. The second-order valence-corrected chi connectivity index (χ2v) is 7.12. The van der Waals surface area contributed by atoms with Crippen LogP contribution in [-0.4, -0.2) is 35.1 Å². The number of amides is 2. The minimum Gasteiger partial charge on any atom is -0.478 e. The molecule has 2 amide bonds. The number of likely N-dealkylation sites (tertiary alicyclic amines) is 1. The van der Waals surface area contributed by atoms with Gasteiger partial charge in [-0.15, -0.1) is 0 Å². The van der Waals surface area contributed by atoms with Gasteiger partial charge in [0.2, 0.25) is 5.88 Å². The van der Waals surface area contributed by atoms with Gasteiger partial charge in [0.25, 0.3) is 0 Å². The fourth-order valence-electron chi connectivity index (χ4n) is 4.20. The van der Waals surface area contributed by atoms with Gasteiger partial charge in [-0.25, -0.2) is 9.78 Å². The van der Waals surface area contributed by atoms with Crippen molar-refractivity contribution in [2.45, 2.75) is 46.2 Å². The van der Waals surface area contributed by atoms with Crippen LogP contribution in [-0.2, 0) is 6.54 Å². The highest BCUT2D eigenvalue weighted by molar-refractivity contribution is 5.76. The van der Waals surface area contributed by atoms with E-state index in [0.29, 0.717) is 31.0 Å². The Kier molecular flexibility index (Phi) is 4.78. The molecule has 1 fully saturated rings. The summed E-state index contributed by atoms with van der Waals surface area (Å²) in [6, 6.07) is 4.13. The predicted octanol–water partition coefficient (Wildman–Crippen LogP) is 3.37. The van der Waals surface area contributed by atoms with Gasteiger partial charge in [-0.3, -0.25) is 0 Å². The third-order valence-corrected chi connectivity index (χ3v) is 5.12. The van der Waals surface area contributed by atoms with Gasteiger partial charge >= 0.3 is 6.03 Å². The quantitative estimate of drug-likeness (QED) is 0.843. The van der Waals surface area contributed by atoms with Crippen molar-refractivity contribution in [3.63, 3.8) is 0 Å². The third kappa shape index (κ3) is 2.99. The van der Waals surface area contributed by atoms with Gasteiger partial charge in [-0.2, -0.15) is 0 Å². The highest BCUT2D eigenvalue weighted by atomic mass is 16.5. The fraction of sp³-hybridized carbons (Fsp3) is 0.579. The van der Waals surface area contributed by atoms with Crippen LogP contribution < -0.4 is 10.1 Å². The lowest BCUT2D eigenvalue weighted by Gasteiger charge is -2.58. The molecule has 0 bridgehead atoms. The van der Waals surface area contributed by atoms with Crippen LogP contribution in [0.1, 0.15) is 39.2 Å². The van der Waals surface area contributed by atoms with Crippen molar-refractivity contribution in [3.05, 3.63) is 36.0 Å². The standard InChI is InChI=1S/C19H27N3O2/c1-4-24-17-15(8-7-11-20-17)12-21-18(23)22-13-19(9-5-6-10-19)16(22)14(2)3/h5-8,11,14,16H,4,9-10,12-13H2,1-3H3,(H,21,23). The number of allylic oxidation sites excluding steroid dienone is 2. The van der Waals surface area contributed by atoms with Crippen LogP contribution in [0.25, 0.3) is 0 Å². The van der Waals surface area contributed by atoms with Gasteiger partial charge in [0.1, 0.15) is 0 Å². The molecular formula is C19H27N3O2. The van der Waals surface area contributed by atoms with Crippen LogP contribution in [0.15, 0.2) is 30.5 Å². The van der Waals surface area contributed by atoms with Crippen LogP contribution in [0.3, 0.4) is 0 Å². The first-order chi connectivity index (χ1) is 11.6. The Hall–Kier alpha value is -2.04. The molecule has 3 rings (SSSR count). The first kappa shape index (κ1) is 16.8. The molecule has 1 saturated heterocycles. The second-order valence-electron chi connectivity index (χ2n) is 7.12. The van der Waals surface area contributed by atoms with Crippen LogP contribution in [0.2, 0.25) is 0 Å². The van der Waals surface area contributed by atoms with Gasteiger partial charge in [-0.1, -0.05) is 32.1 Å². The number of ether oxygens (including phenoxy) is 1. The number of hydrogen-bond acceptors (Lipinski definition) is 3. The number of urea groups is 1. The molecule has 24 heavy (non-hydrogen) atoms. The number of nitrogens with zero attached hydrogens (tertiary/aromatic N) is 2. The first-order valence-electron chi connectivity index (χ1n) is 8.83. The summed E-state index contributed by atoms with van der Waals surface area (Å²) in [5.74, 6) is 1.06. The zero-order valence-electron chi connectivity index (χ0n) is 14.8. The normalized spacial score (nSPS) is 21.2. The number of nitrogens with one attached hydrogen (secondary N) is 1. The van der Waals surface area contributed by atoms with E-state index in [9.17, 15) is 4.79 Å². The van der Waals surface area contributed by atoms with E-state index in [1.54, 1.807) is 6.20 Å². The minimum atomic E-state index is 0.0116. The molecule has 1 aromatic heterocycles. The van der Waals surface area contributed by atoms with E-state index in [1.165, 1.54) is 0 Å². The van der Waals surface area contributed by atoms with E-state index in [-0.39, 0.29) is 11.4 Å². The lowest BCUT2D eigenvalue weighted by Crippen LogP contribution is -2.68. The summed E-state index contributed by atoms with van der Waals surface area (Å²) in [4.78, 5) is 18.9. The molecule has 1 unspecified atom stereocenters. The summed E-state index contributed by atoms with van der Waals surface area (Å²) >= 11 is 0. The van der Waals surface area contributed by atoms with Crippen LogP contribution in [0.4, 0.5) is 4.79 Å². The van der Waals surface area contributed by atoms with Crippen molar-refractivity contribution in [1.29, 1.82) is 0 Å². The van der Waals surface area contributed by atoms with Crippen molar-refractivity contribution in [2.75, 3.05) is 13.2 Å². The van der Waals surface area contributed by atoms with E-state index in [4.69, 9.17) is 4.74 Å². The number of hydrogen-bond donors (Lipinski definition) is 1. The Morgan fingerprint density at radius 3 is 2.88 bits per heavy atom. The van der Waals surface area contributed by atoms with Gasteiger partial charge in [0.15, 0.2) is 0 Å². The molecule has 1 aromatic rings. The molecule has 1 aliphatic carbocycles. The number of rotatable bonds is 5. The molecule has 5 nitrogen and oxygen atoms in total. The Bertz CT molecular complexity index is 619. The number of carbonyl (C=O) groups excluding carboxylic acids is 1. The number of pyridine rings is 1. The van der Waals surface area contributed by atoms with Crippen molar-refractivity contribution < 1.29 is 9.53 Å². The molecule has 0 aromatic carbocycles. The van der Waals surface area contributed by atoms with Gasteiger partial charge in [0.05, 0.1) is 6.61 Å². The third-order valence-electron chi connectivity index (χ3n) is 5.12. The predicted molar refractivity (Wildman–Crippen MR) is 93.8 cm³/mol. The molecule has 1 atom stereocenters. The van der Waals surface area contributed by atoms with E-state index in [1.807, 2.05) is 24.0 Å². The molecule has 0 radical (unpaired) electrons. The summed E-state index contributed by atoms with van der Waals surface area (Å²) in [5.41, 5.74) is 1.18. The molecule has 1 spiro atoms. The molecule has 0 saturated carbocycles. The van der Waals surface area contributed by atoms with Crippen LogP contribution in [0, 0.1) is 11.3 Å². The summed E-state index contributed by atoms with van der Waals surface area (Å²) in [7, 11) is 0. The Morgan fingerprint density at radius 2 is 2.21 bits per heavy atom. The molecule has 2 heterocycles. The summed E-state index contributed by atoms with van der Waals surface area (Å²) in [6.07, 6.45) is 8.41. The maximum absolute atomic E-state index is 12.7. The van der Waals surface area contributed by atoms with Crippen molar-refractivity contribution in [1.82, 2.24) is 15.2 Å². The van der Waals surface area contributed by atoms with Crippen molar-refractivity contribution in [2.24, 2.45) is 11.3 Å². The van der Waals surface area contributed by atoms with Crippen molar-refractivity contribution >= 4 is 6.03 Å². The van der Waals surface area contributed by atoms with Crippen LogP contribution in [0.5, 0.6) is 5.88 Å². The van der Waals surface area contributed by atoms with E-state index < -0.39 is 0 Å².